The van der Waals surface area contributed by atoms with Gasteiger partial charge in [-0.05, 0) is 79.8 Å². The van der Waals surface area contributed by atoms with Crippen molar-refractivity contribution in [2.75, 3.05) is 0 Å². The molecule has 2 heteroatoms. The van der Waals surface area contributed by atoms with Crippen molar-refractivity contribution in [1.82, 2.24) is 0 Å². The van der Waals surface area contributed by atoms with E-state index in [1.54, 1.807) is 0 Å². The van der Waals surface area contributed by atoms with Crippen molar-refractivity contribution in [1.29, 1.82) is 0 Å². The molecule has 0 aliphatic rings. The van der Waals surface area contributed by atoms with Crippen molar-refractivity contribution >= 4 is 18.5 Å². The summed E-state index contributed by atoms with van der Waals surface area (Å²) in [6.45, 7) is 13.6. The summed E-state index contributed by atoms with van der Waals surface area (Å²) >= 11 is 0. The number of hydrogen-bond acceptors (Lipinski definition) is 0. The lowest BCUT2D eigenvalue weighted by Gasteiger charge is -2.21. The molecule has 0 amide bonds. The van der Waals surface area contributed by atoms with Crippen LogP contribution in [0.4, 0.5) is 0 Å². The number of rotatable bonds is 4. The third-order valence-corrected chi connectivity index (χ3v) is 6.78. The molecule has 0 radical (unpaired) electrons. The zero-order chi connectivity index (χ0) is 22.1. The second-order valence-corrected chi connectivity index (χ2v) is 11.0. The second-order valence-electron chi connectivity index (χ2n) is 10.2. The molecule has 2 atom stereocenters. The summed E-state index contributed by atoms with van der Waals surface area (Å²) in [7, 11) is 5.79. The van der Waals surface area contributed by atoms with Crippen LogP contribution in [-0.2, 0) is 23.2 Å². The van der Waals surface area contributed by atoms with Gasteiger partial charge in [0.2, 0.25) is 0 Å². The van der Waals surface area contributed by atoms with Gasteiger partial charge in [0.15, 0.2) is 0 Å². The molecule has 0 heterocycles. The fourth-order valence-corrected chi connectivity index (χ4v) is 4.61. The predicted molar refractivity (Wildman–Crippen MR) is 142 cm³/mol. The molecule has 0 bridgehead atoms. The second kappa shape index (κ2) is 8.94. The summed E-state index contributed by atoms with van der Waals surface area (Å²) in [6, 6.07) is 23.1. The van der Waals surface area contributed by atoms with E-state index in [9.17, 15) is 0 Å². The fraction of sp³-hybridized carbons (Fsp3) is 0.357. The van der Waals surface area contributed by atoms with E-state index in [-0.39, 0.29) is 10.8 Å². The Morgan fingerprint density at radius 3 is 1.07 bits per heavy atom. The van der Waals surface area contributed by atoms with Crippen LogP contribution in [0.5, 0.6) is 0 Å². The van der Waals surface area contributed by atoms with E-state index in [0.717, 1.165) is 12.3 Å². The van der Waals surface area contributed by atoms with Gasteiger partial charge in [-0.15, -0.1) is 18.5 Å². The summed E-state index contributed by atoms with van der Waals surface area (Å²) in [4.78, 5) is 0. The molecule has 0 saturated carbocycles. The Balaban J connectivity index is 2.17. The summed E-state index contributed by atoms with van der Waals surface area (Å²) in [6.07, 6.45) is 1.94. The molecule has 0 aromatic heterocycles. The topological polar surface area (TPSA) is 0 Å². The van der Waals surface area contributed by atoms with Crippen LogP contribution in [0.3, 0.4) is 0 Å². The van der Waals surface area contributed by atoms with Crippen molar-refractivity contribution in [3.8, 4) is 22.3 Å². The van der Waals surface area contributed by atoms with Crippen LogP contribution < -0.4 is 0 Å². The van der Waals surface area contributed by atoms with Gasteiger partial charge in [-0.3, -0.25) is 0 Å². The molecule has 0 N–H and O–H groups in total. The minimum absolute atomic E-state index is 0.165. The quantitative estimate of drug-likeness (QED) is 0.362. The van der Waals surface area contributed by atoms with E-state index in [1.807, 2.05) is 0 Å². The normalized spacial score (nSPS) is 12.3. The monoisotopic (exact) mass is 434 g/mol. The van der Waals surface area contributed by atoms with Crippen molar-refractivity contribution in [3.05, 3.63) is 82.9 Å². The van der Waals surface area contributed by atoms with Crippen LogP contribution in [0.25, 0.3) is 22.3 Å². The Bertz CT molecular complexity index is 914. The van der Waals surface area contributed by atoms with E-state index in [0.29, 0.717) is 0 Å². The first-order valence-electron chi connectivity index (χ1n) is 10.8. The third kappa shape index (κ3) is 5.04. The van der Waals surface area contributed by atoms with Gasteiger partial charge in [-0.1, -0.05) is 90.1 Å². The molecule has 3 aromatic carbocycles. The molecule has 0 spiro atoms. The highest BCUT2D eigenvalue weighted by molar-refractivity contribution is 7.16. The lowest BCUT2D eigenvalue weighted by Crippen LogP contribution is -2.10. The van der Waals surface area contributed by atoms with Gasteiger partial charge in [0, 0.05) is 0 Å². The van der Waals surface area contributed by atoms with Crippen LogP contribution in [0.2, 0.25) is 0 Å². The fourth-order valence-electron chi connectivity index (χ4n) is 3.85. The molecular weight excluding hydrogens is 398 g/mol. The Hall–Kier alpha value is -1.48. The summed E-state index contributed by atoms with van der Waals surface area (Å²) in [5.74, 6) is 0. The van der Waals surface area contributed by atoms with E-state index in [1.165, 1.54) is 44.5 Å². The SMILES string of the molecule is CC(C)(C)c1ccc(-c2cc(CP)c(CP)cc2-c2ccc(C(C)(C)C)cc2)cc1. The van der Waals surface area contributed by atoms with Crippen LogP contribution in [0.15, 0.2) is 60.7 Å². The molecule has 0 saturated heterocycles. The van der Waals surface area contributed by atoms with Crippen LogP contribution in [0.1, 0.15) is 63.8 Å². The molecule has 0 aliphatic heterocycles. The van der Waals surface area contributed by atoms with Crippen LogP contribution >= 0.6 is 18.5 Å². The number of hydrogen-bond donors (Lipinski definition) is 0. The van der Waals surface area contributed by atoms with Gasteiger partial charge in [-0.2, -0.15) is 0 Å². The first kappa shape index (κ1) is 23.2. The highest BCUT2D eigenvalue weighted by Crippen LogP contribution is 2.37. The van der Waals surface area contributed by atoms with Crippen molar-refractivity contribution < 1.29 is 0 Å². The molecular formula is C28H36P2. The molecule has 3 rings (SSSR count). The highest BCUT2D eigenvalue weighted by atomic mass is 31.0. The Morgan fingerprint density at radius 2 is 0.833 bits per heavy atom. The molecule has 0 fully saturated rings. The highest BCUT2D eigenvalue weighted by Gasteiger charge is 2.17. The van der Waals surface area contributed by atoms with Crippen molar-refractivity contribution in [3.63, 3.8) is 0 Å². The average Bonchev–Trinajstić information content (AvgIpc) is 2.71. The van der Waals surface area contributed by atoms with E-state index in [4.69, 9.17) is 0 Å². The summed E-state index contributed by atoms with van der Waals surface area (Å²) in [5, 5.41) is 0. The average molecular weight is 435 g/mol. The van der Waals surface area contributed by atoms with E-state index < -0.39 is 0 Å². The Labute approximate surface area is 188 Å². The lowest BCUT2D eigenvalue weighted by molar-refractivity contribution is 0.590. The third-order valence-electron chi connectivity index (χ3n) is 5.90. The van der Waals surface area contributed by atoms with Gasteiger partial charge in [0.25, 0.3) is 0 Å². The van der Waals surface area contributed by atoms with Crippen molar-refractivity contribution in [2.45, 2.75) is 64.7 Å². The van der Waals surface area contributed by atoms with Gasteiger partial charge in [0.1, 0.15) is 0 Å². The first-order chi connectivity index (χ1) is 14.0. The standard InChI is InChI=1S/C28H36P2/c1-27(2,3)23-11-7-19(8-12-23)25-15-21(17-29)22(18-30)16-26(25)20-9-13-24(14-10-20)28(4,5)6/h7-16H,17-18,29-30H2,1-6H3. The maximum absolute atomic E-state index is 2.89. The molecule has 3 aromatic rings. The van der Waals surface area contributed by atoms with Crippen LogP contribution in [0, 0.1) is 0 Å². The van der Waals surface area contributed by atoms with E-state index in [2.05, 4.69) is 121 Å². The smallest absolute Gasteiger partial charge is 0.0102 e. The summed E-state index contributed by atoms with van der Waals surface area (Å²) < 4.78 is 0. The Morgan fingerprint density at radius 1 is 0.533 bits per heavy atom. The minimum atomic E-state index is 0.165. The van der Waals surface area contributed by atoms with Crippen molar-refractivity contribution in [2.24, 2.45) is 0 Å². The Kier molecular flexibility index (Phi) is 6.91. The largest absolute Gasteiger partial charge is 0.133 e. The molecule has 0 nitrogen and oxygen atoms in total. The molecule has 30 heavy (non-hydrogen) atoms. The zero-order valence-corrected chi connectivity index (χ0v) is 21.7. The number of benzene rings is 3. The van der Waals surface area contributed by atoms with Gasteiger partial charge >= 0.3 is 0 Å². The molecule has 158 valence electrons. The summed E-state index contributed by atoms with van der Waals surface area (Å²) in [5.41, 5.74) is 11.1. The molecule has 0 aliphatic carbocycles. The first-order valence-corrected chi connectivity index (χ1v) is 12.5. The van der Waals surface area contributed by atoms with Gasteiger partial charge < -0.3 is 0 Å². The maximum Gasteiger partial charge on any atom is -0.0102 e. The van der Waals surface area contributed by atoms with Gasteiger partial charge in [-0.25, -0.2) is 0 Å². The zero-order valence-electron chi connectivity index (χ0n) is 19.3. The predicted octanol–water partition coefficient (Wildman–Crippen LogP) is 8.37. The van der Waals surface area contributed by atoms with Crippen LogP contribution in [-0.4, -0.2) is 0 Å². The maximum atomic E-state index is 2.89. The molecule has 2 unspecified atom stereocenters. The minimum Gasteiger partial charge on any atom is -0.133 e. The van der Waals surface area contributed by atoms with Gasteiger partial charge in [0.05, 0.1) is 0 Å². The lowest BCUT2D eigenvalue weighted by atomic mass is 9.84. The van der Waals surface area contributed by atoms with E-state index >= 15 is 0 Å².